The van der Waals surface area contributed by atoms with Crippen molar-refractivity contribution in [2.45, 2.75) is 18.8 Å². The van der Waals surface area contributed by atoms with E-state index in [0.717, 1.165) is 15.7 Å². The summed E-state index contributed by atoms with van der Waals surface area (Å²) in [6.07, 6.45) is 3.20. The average Bonchev–Trinajstić information content (AvgIpc) is 3.10. The van der Waals surface area contributed by atoms with Gasteiger partial charge in [0.2, 0.25) is 5.91 Å². The Labute approximate surface area is 166 Å². The van der Waals surface area contributed by atoms with E-state index in [1.54, 1.807) is 4.90 Å². The number of benzene rings is 2. The Kier molecular flexibility index (Phi) is 4.83. The zero-order chi connectivity index (χ0) is 19.0. The predicted octanol–water partition coefficient (Wildman–Crippen LogP) is 3.63. The highest BCUT2D eigenvalue weighted by atomic mass is 79.9. The minimum absolute atomic E-state index is 0.0122. The highest BCUT2D eigenvalue weighted by Crippen LogP contribution is 2.37. The summed E-state index contributed by atoms with van der Waals surface area (Å²) in [6, 6.07) is 13.9. The summed E-state index contributed by atoms with van der Waals surface area (Å²) in [6.45, 7) is 1.13. The standard InChI is InChI=1S/C21H20BrN3O2/c22-16-3-1-2-14(10-16)18-12-24-19-11-15(4-5-17(18)19)21(27)25-8-6-13(7-9-25)20(23)26/h1-5,10-13,18H,6-9H2,(H2,23,26). The third-order valence-corrected chi connectivity index (χ3v) is 5.86. The van der Waals surface area contributed by atoms with Crippen LogP contribution in [0.15, 0.2) is 51.9 Å². The molecule has 6 heteroatoms. The van der Waals surface area contributed by atoms with Gasteiger partial charge in [0, 0.05) is 41.2 Å². The van der Waals surface area contributed by atoms with Crippen molar-refractivity contribution in [3.05, 3.63) is 63.6 Å². The molecule has 5 nitrogen and oxygen atoms in total. The molecule has 0 radical (unpaired) electrons. The molecule has 2 N–H and O–H groups in total. The van der Waals surface area contributed by atoms with Crippen LogP contribution in [0.4, 0.5) is 5.69 Å². The molecule has 0 aromatic heterocycles. The van der Waals surface area contributed by atoms with Gasteiger partial charge in [-0.1, -0.05) is 34.1 Å². The summed E-state index contributed by atoms with van der Waals surface area (Å²) in [4.78, 5) is 30.5. The molecule has 2 aliphatic rings. The van der Waals surface area contributed by atoms with Gasteiger partial charge in [-0.3, -0.25) is 14.6 Å². The highest BCUT2D eigenvalue weighted by Gasteiger charge is 2.28. The predicted molar refractivity (Wildman–Crippen MR) is 108 cm³/mol. The number of halogens is 1. The van der Waals surface area contributed by atoms with E-state index in [1.807, 2.05) is 36.5 Å². The topological polar surface area (TPSA) is 75.8 Å². The first-order chi connectivity index (χ1) is 13.0. The number of hydrogen-bond acceptors (Lipinski definition) is 3. The van der Waals surface area contributed by atoms with E-state index in [0.29, 0.717) is 31.5 Å². The van der Waals surface area contributed by atoms with E-state index in [9.17, 15) is 9.59 Å². The summed E-state index contributed by atoms with van der Waals surface area (Å²) in [5.74, 6) is -0.299. The van der Waals surface area contributed by atoms with Gasteiger partial charge in [0.15, 0.2) is 0 Å². The number of primary amides is 1. The van der Waals surface area contributed by atoms with Gasteiger partial charge in [0.05, 0.1) is 5.69 Å². The molecule has 0 saturated carbocycles. The summed E-state index contributed by atoms with van der Waals surface area (Å²) < 4.78 is 1.04. The van der Waals surface area contributed by atoms with Gasteiger partial charge < -0.3 is 10.6 Å². The van der Waals surface area contributed by atoms with Crippen LogP contribution in [0.3, 0.4) is 0 Å². The van der Waals surface area contributed by atoms with Crippen LogP contribution >= 0.6 is 15.9 Å². The lowest BCUT2D eigenvalue weighted by Gasteiger charge is -2.30. The van der Waals surface area contributed by atoms with Gasteiger partial charge in [0.1, 0.15) is 0 Å². The SMILES string of the molecule is NC(=O)C1CCN(C(=O)c2ccc3c(c2)N=CC3c2cccc(Br)c2)CC1. The van der Waals surface area contributed by atoms with Gasteiger partial charge in [-0.25, -0.2) is 0 Å². The van der Waals surface area contributed by atoms with Crippen LogP contribution in [-0.2, 0) is 4.79 Å². The number of aliphatic imine (C=N–C) groups is 1. The summed E-state index contributed by atoms with van der Waals surface area (Å²) in [5.41, 5.74) is 9.13. The smallest absolute Gasteiger partial charge is 0.253 e. The molecule has 0 spiro atoms. The van der Waals surface area contributed by atoms with E-state index in [4.69, 9.17) is 5.73 Å². The minimum atomic E-state index is -0.271. The van der Waals surface area contributed by atoms with E-state index < -0.39 is 0 Å². The molecule has 1 atom stereocenters. The van der Waals surface area contributed by atoms with E-state index >= 15 is 0 Å². The van der Waals surface area contributed by atoms with E-state index in [-0.39, 0.29) is 23.7 Å². The average molecular weight is 426 g/mol. The quantitative estimate of drug-likeness (QED) is 0.814. The van der Waals surface area contributed by atoms with E-state index in [2.05, 4.69) is 33.1 Å². The number of likely N-dealkylation sites (tertiary alicyclic amines) is 1. The number of rotatable bonds is 3. The Hall–Kier alpha value is -2.47. The number of fused-ring (bicyclic) bond motifs is 1. The molecule has 0 bridgehead atoms. The highest BCUT2D eigenvalue weighted by molar-refractivity contribution is 9.10. The summed E-state index contributed by atoms with van der Waals surface area (Å²) in [7, 11) is 0. The second kappa shape index (κ2) is 7.27. The molecular formula is C21H20BrN3O2. The van der Waals surface area contributed by atoms with Gasteiger partial charge >= 0.3 is 0 Å². The van der Waals surface area contributed by atoms with Gasteiger partial charge in [0.25, 0.3) is 5.91 Å². The summed E-state index contributed by atoms with van der Waals surface area (Å²) in [5, 5.41) is 0. The van der Waals surface area contributed by atoms with E-state index in [1.165, 1.54) is 5.56 Å². The van der Waals surface area contributed by atoms with Crippen LogP contribution in [-0.4, -0.2) is 36.0 Å². The molecule has 2 heterocycles. The molecule has 2 amide bonds. The molecule has 138 valence electrons. The van der Waals surface area contributed by atoms with Gasteiger partial charge in [-0.05, 0) is 48.2 Å². The lowest BCUT2D eigenvalue weighted by Crippen LogP contribution is -2.41. The van der Waals surface area contributed by atoms with Gasteiger partial charge in [-0.2, -0.15) is 0 Å². The lowest BCUT2D eigenvalue weighted by molar-refractivity contribution is -0.123. The fourth-order valence-corrected chi connectivity index (χ4v) is 4.22. The fourth-order valence-electron chi connectivity index (χ4n) is 3.80. The Bertz CT molecular complexity index is 933. The monoisotopic (exact) mass is 425 g/mol. The zero-order valence-electron chi connectivity index (χ0n) is 14.8. The largest absolute Gasteiger partial charge is 0.369 e. The second-order valence-corrected chi connectivity index (χ2v) is 7.97. The molecule has 4 rings (SSSR count). The van der Waals surface area contributed by atoms with Crippen molar-refractivity contribution in [2.75, 3.05) is 13.1 Å². The van der Waals surface area contributed by atoms with Crippen molar-refractivity contribution in [1.29, 1.82) is 0 Å². The van der Waals surface area contributed by atoms with Crippen molar-refractivity contribution in [3.63, 3.8) is 0 Å². The van der Waals surface area contributed by atoms with Crippen LogP contribution in [0.5, 0.6) is 0 Å². The molecule has 1 saturated heterocycles. The molecule has 2 aliphatic heterocycles. The number of hydrogen-bond donors (Lipinski definition) is 1. The number of amides is 2. The van der Waals surface area contributed by atoms with Crippen LogP contribution in [0.1, 0.15) is 40.2 Å². The Morgan fingerprint density at radius 2 is 1.89 bits per heavy atom. The molecule has 2 aromatic carbocycles. The molecule has 2 aromatic rings. The Morgan fingerprint density at radius 1 is 1.11 bits per heavy atom. The first kappa shape index (κ1) is 17.9. The van der Waals surface area contributed by atoms with Crippen molar-refractivity contribution >= 4 is 39.6 Å². The fraction of sp³-hybridized carbons (Fsp3) is 0.286. The van der Waals surface area contributed by atoms with Gasteiger partial charge in [-0.15, -0.1) is 0 Å². The maximum absolute atomic E-state index is 12.8. The van der Waals surface area contributed by atoms with Crippen LogP contribution in [0, 0.1) is 5.92 Å². The van der Waals surface area contributed by atoms with Crippen molar-refractivity contribution in [1.82, 2.24) is 4.90 Å². The molecule has 0 aliphatic carbocycles. The maximum atomic E-state index is 12.8. The Balaban J connectivity index is 1.52. The van der Waals surface area contributed by atoms with Crippen LogP contribution in [0.2, 0.25) is 0 Å². The molecular weight excluding hydrogens is 406 g/mol. The van der Waals surface area contributed by atoms with Crippen LogP contribution < -0.4 is 5.73 Å². The number of nitrogens with two attached hydrogens (primary N) is 1. The normalized spacial score (nSPS) is 19.1. The number of carbonyl (C=O) groups excluding carboxylic acids is 2. The second-order valence-electron chi connectivity index (χ2n) is 7.05. The van der Waals surface area contributed by atoms with Crippen molar-refractivity contribution in [3.8, 4) is 0 Å². The zero-order valence-corrected chi connectivity index (χ0v) is 16.4. The number of carbonyl (C=O) groups is 2. The minimum Gasteiger partial charge on any atom is -0.369 e. The Morgan fingerprint density at radius 3 is 2.59 bits per heavy atom. The molecule has 1 unspecified atom stereocenters. The lowest BCUT2D eigenvalue weighted by atomic mass is 9.92. The number of nitrogens with zero attached hydrogens (tertiary/aromatic N) is 2. The maximum Gasteiger partial charge on any atom is 0.253 e. The third kappa shape index (κ3) is 3.54. The molecule has 27 heavy (non-hydrogen) atoms. The first-order valence-corrected chi connectivity index (χ1v) is 9.84. The first-order valence-electron chi connectivity index (χ1n) is 9.05. The van der Waals surface area contributed by atoms with Crippen molar-refractivity contribution < 1.29 is 9.59 Å². The summed E-state index contributed by atoms with van der Waals surface area (Å²) >= 11 is 3.51. The van der Waals surface area contributed by atoms with Crippen molar-refractivity contribution in [2.24, 2.45) is 16.6 Å². The number of piperidine rings is 1. The third-order valence-electron chi connectivity index (χ3n) is 5.37. The molecule has 1 fully saturated rings. The van der Waals surface area contributed by atoms with Crippen LogP contribution in [0.25, 0.3) is 0 Å².